The predicted molar refractivity (Wildman–Crippen MR) is 174 cm³/mol. The molecule has 0 atom stereocenters. The fraction of sp³-hybridized carbons (Fsp3) is 0.226. The predicted octanol–water partition coefficient (Wildman–Crippen LogP) is 7.98. The van der Waals surface area contributed by atoms with Crippen LogP contribution in [0.2, 0.25) is 10.0 Å². The molecule has 0 aromatic heterocycles. The molecule has 0 spiro atoms. The van der Waals surface area contributed by atoms with Gasteiger partial charge < -0.3 is 19.5 Å². The van der Waals surface area contributed by atoms with Crippen molar-refractivity contribution in [1.29, 1.82) is 0 Å². The van der Waals surface area contributed by atoms with E-state index in [1.165, 1.54) is 31.4 Å². The largest absolute Gasteiger partial charge is 0.493 e. The summed E-state index contributed by atoms with van der Waals surface area (Å²) in [4.78, 5) is 51.9. The van der Waals surface area contributed by atoms with Crippen LogP contribution in [0.25, 0.3) is 6.08 Å². The lowest BCUT2D eigenvalue weighted by Crippen LogP contribution is -2.36. The highest BCUT2D eigenvalue weighted by Crippen LogP contribution is 2.39. The van der Waals surface area contributed by atoms with Crippen LogP contribution in [0.1, 0.15) is 41.3 Å². The first-order valence-electron chi connectivity index (χ1n) is 13.4. The van der Waals surface area contributed by atoms with Crippen LogP contribution in [0.5, 0.6) is 11.5 Å². The van der Waals surface area contributed by atoms with E-state index in [-0.39, 0.29) is 34.4 Å². The van der Waals surface area contributed by atoms with Gasteiger partial charge in [-0.2, -0.15) is 0 Å². The number of halogens is 3. The molecule has 1 N–H and O–H groups in total. The van der Waals surface area contributed by atoms with E-state index >= 15 is 0 Å². The summed E-state index contributed by atoms with van der Waals surface area (Å²) in [5.74, 6) is -0.990. The lowest BCUT2D eigenvalue weighted by molar-refractivity contribution is -0.127. The van der Waals surface area contributed by atoms with Crippen molar-refractivity contribution in [1.82, 2.24) is 4.90 Å². The number of rotatable bonds is 12. The molecule has 1 heterocycles. The summed E-state index contributed by atoms with van der Waals surface area (Å²) < 4.78 is 17.2. The molecule has 230 valence electrons. The van der Waals surface area contributed by atoms with Crippen molar-refractivity contribution in [2.75, 3.05) is 25.6 Å². The lowest BCUT2D eigenvalue weighted by Gasteiger charge is -2.14. The Balaban J connectivity index is 1.42. The van der Waals surface area contributed by atoms with E-state index in [4.69, 9.17) is 37.4 Å². The first kappa shape index (κ1) is 33.4. The molecular formula is C31H27BrCl2N2O7S. The van der Waals surface area contributed by atoms with Crippen LogP contribution >= 0.6 is 50.9 Å². The van der Waals surface area contributed by atoms with Gasteiger partial charge in [0.2, 0.25) is 5.91 Å². The summed E-state index contributed by atoms with van der Waals surface area (Å²) >= 11 is 16.3. The minimum Gasteiger partial charge on any atom is -0.493 e. The first-order chi connectivity index (χ1) is 21.1. The Hall–Kier alpha value is -3.51. The maximum atomic E-state index is 13.1. The van der Waals surface area contributed by atoms with Crippen LogP contribution in [-0.2, 0) is 20.9 Å². The second kappa shape index (κ2) is 15.5. The zero-order valence-electron chi connectivity index (χ0n) is 23.7. The van der Waals surface area contributed by atoms with E-state index in [0.717, 1.165) is 16.9 Å². The smallest absolute Gasteiger partial charge is 0.339 e. The summed E-state index contributed by atoms with van der Waals surface area (Å²) in [7, 11) is 1.49. The van der Waals surface area contributed by atoms with Crippen LogP contribution in [-0.4, -0.2) is 48.2 Å². The second-order valence-corrected chi connectivity index (χ2v) is 12.1. The molecule has 0 radical (unpaired) electrons. The molecule has 3 aromatic rings. The molecule has 0 unspecified atom stereocenters. The van der Waals surface area contributed by atoms with E-state index in [9.17, 15) is 19.2 Å². The lowest BCUT2D eigenvalue weighted by atomic mass is 10.1. The van der Waals surface area contributed by atoms with Crippen molar-refractivity contribution in [3.8, 4) is 11.5 Å². The Kier molecular flexibility index (Phi) is 11.7. The fourth-order valence-electron chi connectivity index (χ4n) is 3.98. The van der Waals surface area contributed by atoms with Gasteiger partial charge in [-0.3, -0.25) is 19.3 Å². The van der Waals surface area contributed by atoms with Crippen molar-refractivity contribution < 1.29 is 33.4 Å². The average Bonchev–Trinajstić information content (AvgIpc) is 3.25. The van der Waals surface area contributed by atoms with E-state index in [0.29, 0.717) is 44.7 Å². The third-order valence-corrected chi connectivity index (χ3v) is 8.30. The number of nitrogens with zero attached hydrogens (tertiary/aromatic N) is 1. The summed E-state index contributed by atoms with van der Waals surface area (Å²) in [6, 6.07) is 15.0. The number of ether oxygens (including phenoxy) is 3. The van der Waals surface area contributed by atoms with Crippen molar-refractivity contribution in [3.05, 3.63) is 90.7 Å². The molecule has 0 saturated carbocycles. The normalized spacial score (nSPS) is 13.8. The molecule has 1 saturated heterocycles. The summed E-state index contributed by atoms with van der Waals surface area (Å²) in [5.41, 5.74) is 1.84. The van der Waals surface area contributed by atoms with Crippen molar-refractivity contribution in [3.63, 3.8) is 0 Å². The van der Waals surface area contributed by atoms with E-state index < -0.39 is 29.6 Å². The highest BCUT2D eigenvalue weighted by Gasteiger charge is 2.36. The Morgan fingerprint density at radius 3 is 2.52 bits per heavy atom. The zero-order chi connectivity index (χ0) is 31.8. The van der Waals surface area contributed by atoms with Gasteiger partial charge in [-0.15, -0.1) is 0 Å². The Morgan fingerprint density at radius 2 is 1.82 bits per heavy atom. The van der Waals surface area contributed by atoms with Crippen LogP contribution in [0.15, 0.2) is 64.0 Å². The molecule has 13 heteroatoms. The number of thioether (sulfide) groups is 1. The van der Waals surface area contributed by atoms with Crippen LogP contribution < -0.4 is 14.8 Å². The molecule has 3 aromatic carbocycles. The van der Waals surface area contributed by atoms with Gasteiger partial charge in [0, 0.05) is 10.7 Å². The molecule has 0 aliphatic carbocycles. The number of unbranched alkanes of at least 4 members (excludes halogenated alkanes) is 1. The third-order valence-electron chi connectivity index (χ3n) is 6.22. The van der Waals surface area contributed by atoms with Gasteiger partial charge in [-0.05, 0) is 93.8 Å². The molecule has 4 rings (SSSR count). The minimum absolute atomic E-state index is 0.0951. The Bertz CT molecular complexity index is 1620. The number of methoxy groups -OCH3 is 1. The standard InChI is InChI=1S/C31H27BrCl2N2O7S/c1-3-4-11-42-30(39)22-15-21(9-10-24(22)34)35-27(37)16-36-29(38)26(44-31(36)40)14-19-12-23(32)28(25(13-19)41-2)43-17-18-5-7-20(33)8-6-18/h5-10,12-15H,3-4,11,16-17H2,1-2H3,(H,35,37)/b26-14+. The molecule has 0 bridgehead atoms. The third kappa shape index (κ3) is 8.56. The number of nitrogens with one attached hydrogen (secondary N) is 1. The zero-order valence-corrected chi connectivity index (χ0v) is 27.6. The van der Waals surface area contributed by atoms with Gasteiger partial charge in [0.05, 0.1) is 33.7 Å². The maximum Gasteiger partial charge on any atom is 0.339 e. The maximum absolute atomic E-state index is 13.1. The average molecular weight is 722 g/mol. The molecular weight excluding hydrogens is 695 g/mol. The number of carbonyl (C=O) groups is 4. The second-order valence-electron chi connectivity index (χ2n) is 9.45. The summed E-state index contributed by atoms with van der Waals surface area (Å²) in [6.45, 7) is 1.97. The van der Waals surface area contributed by atoms with E-state index in [1.807, 2.05) is 19.1 Å². The molecule has 1 aliphatic heterocycles. The first-order valence-corrected chi connectivity index (χ1v) is 15.7. The molecule has 1 aliphatic rings. The monoisotopic (exact) mass is 720 g/mol. The minimum atomic E-state index is -0.632. The van der Waals surface area contributed by atoms with Crippen LogP contribution in [0, 0.1) is 0 Å². The van der Waals surface area contributed by atoms with Gasteiger partial charge in [0.15, 0.2) is 11.5 Å². The number of imide groups is 1. The summed E-state index contributed by atoms with van der Waals surface area (Å²) in [5, 5.41) is 2.80. The van der Waals surface area contributed by atoms with E-state index in [1.54, 1.807) is 24.3 Å². The number of amides is 3. The number of carbonyl (C=O) groups excluding carboxylic acids is 4. The molecule has 44 heavy (non-hydrogen) atoms. The fourth-order valence-corrected chi connectivity index (χ4v) is 5.71. The van der Waals surface area contributed by atoms with Gasteiger partial charge in [0.1, 0.15) is 13.2 Å². The van der Waals surface area contributed by atoms with Gasteiger partial charge in [-0.25, -0.2) is 4.79 Å². The molecule has 1 fully saturated rings. The highest BCUT2D eigenvalue weighted by atomic mass is 79.9. The Labute approximate surface area is 276 Å². The molecule has 9 nitrogen and oxygen atoms in total. The van der Waals surface area contributed by atoms with Crippen LogP contribution in [0.3, 0.4) is 0 Å². The topological polar surface area (TPSA) is 111 Å². The number of benzene rings is 3. The number of anilines is 1. The highest BCUT2D eigenvalue weighted by molar-refractivity contribution is 9.10. The van der Waals surface area contributed by atoms with Gasteiger partial charge >= 0.3 is 5.97 Å². The SMILES string of the molecule is CCCCOC(=O)c1cc(NC(=O)CN2C(=O)S/C(=C/c3cc(Br)c(OCc4ccc(Cl)cc4)c(OC)c3)C2=O)ccc1Cl. The van der Waals surface area contributed by atoms with Crippen molar-refractivity contribution in [2.45, 2.75) is 26.4 Å². The van der Waals surface area contributed by atoms with Gasteiger partial charge in [0.25, 0.3) is 11.1 Å². The quantitative estimate of drug-likeness (QED) is 0.114. The number of hydrogen-bond acceptors (Lipinski definition) is 8. The van der Waals surface area contributed by atoms with E-state index in [2.05, 4.69) is 21.2 Å². The molecule has 3 amide bonds. The Morgan fingerprint density at radius 1 is 1.07 bits per heavy atom. The van der Waals surface area contributed by atoms with Crippen molar-refractivity contribution in [2.24, 2.45) is 0 Å². The van der Waals surface area contributed by atoms with Crippen LogP contribution in [0.4, 0.5) is 10.5 Å². The summed E-state index contributed by atoms with van der Waals surface area (Å²) in [6.07, 6.45) is 3.11. The van der Waals surface area contributed by atoms with Gasteiger partial charge in [-0.1, -0.05) is 48.7 Å². The number of hydrogen-bond donors (Lipinski definition) is 1. The number of esters is 1. The van der Waals surface area contributed by atoms with Crippen molar-refractivity contribution >= 4 is 85.7 Å².